The minimum atomic E-state index is -0.945. The molecule has 1 saturated carbocycles. The van der Waals surface area contributed by atoms with Gasteiger partial charge in [0.15, 0.2) is 0 Å². The number of carboxylic acids is 1. The van der Waals surface area contributed by atoms with E-state index in [2.05, 4.69) is 4.98 Å². The Bertz CT molecular complexity index is 643. The summed E-state index contributed by atoms with van der Waals surface area (Å²) in [5.41, 5.74) is 1.84. The zero-order chi connectivity index (χ0) is 13.6. The fourth-order valence-corrected chi connectivity index (χ4v) is 2.42. The van der Waals surface area contributed by atoms with Gasteiger partial charge in [0, 0.05) is 5.92 Å². The van der Waals surface area contributed by atoms with E-state index in [9.17, 15) is 9.90 Å². The topological polar surface area (TPSA) is 75.3 Å². The number of fused-ring (bicyclic) bond motifs is 1. The fraction of sp³-hybridized carbons (Fsp3) is 0.429. The molecular formula is C14H16N2O3. The summed E-state index contributed by atoms with van der Waals surface area (Å²) >= 11 is 0. The van der Waals surface area contributed by atoms with Crippen LogP contribution in [0.25, 0.3) is 11.0 Å². The Balaban J connectivity index is 2.23. The first-order chi connectivity index (χ1) is 9.11. The van der Waals surface area contributed by atoms with Crippen LogP contribution in [-0.2, 0) is 0 Å². The van der Waals surface area contributed by atoms with Crippen LogP contribution in [0.2, 0.25) is 0 Å². The molecule has 0 spiro atoms. The maximum Gasteiger partial charge on any atom is 0.335 e. The number of hydrogen-bond acceptors (Lipinski definition) is 3. The number of aromatic carboxylic acids is 1. The van der Waals surface area contributed by atoms with E-state index in [0.717, 1.165) is 29.7 Å². The van der Waals surface area contributed by atoms with Crippen LogP contribution >= 0.6 is 0 Å². The normalized spacial score (nSPS) is 16.7. The van der Waals surface area contributed by atoms with Gasteiger partial charge in [0.05, 0.1) is 29.2 Å². The van der Waals surface area contributed by atoms with E-state index < -0.39 is 5.97 Å². The maximum absolute atomic E-state index is 11.1. The molecule has 5 nitrogen and oxygen atoms in total. The van der Waals surface area contributed by atoms with Crippen LogP contribution in [0, 0.1) is 0 Å². The number of aliphatic hydroxyl groups excluding tert-OH is 1. The molecule has 1 heterocycles. The first-order valence-electron chi connectivity index (χ1n) is 6.48. The lowest BCUT2D eigenvalue weighted by Gasteiger charge is -2.15. The maximum atomic E-state index is 11.1. The minimum absolute atomic E-state index is 0.0163. The number of rotatable bonds is 4. The van der Waals surface area contributed by atoms with Crippen molar-refractivity contribution in [1.29, 1.82) is 0 Å². The van der Waals surface area contributed by atoms with Crippen LogP contribution in [0.15, 0.2) is 18.2 Å². The molecule has 2 aromatic rings. The molecule has 0 radical (unpaired) electrons. The van der Waals surface area contributed by atoms with Crippen molar-refractivity contribution < 1.29 is 15.0 Å². The largest absolute Gasteiger partial charge is 0.478 e. The second-order valence-electron chi connectivity index (χ2n) is 5.15. The van der Waals surface area contributed by atoms with E-state index >= 15 is 0 Å². The summed E-state index contributed by atoms with van der Waals surface area (Å²) in [4.78, 5) is 15.7. The van der Waals surface area contributed by atoms with Crippen molar-refractivity contribution in [3.63, 3.8) is 0 Å². The van der Waals surface area contributed by atoms with Crippen molar-refractivity contribution in [2.45, 2.75) is 31.7 Å². The molecule has 100 valence electrons. The summed E-state index contributed by atoms with van der Waals surface area (Å²) in [5.74, 6) is 0.480. The lowest BCUT2D eigenvalue weighted by atomic mass is 10.2. The quantitative estimate of drug-likeness (QED) is 0.883. The Morgan fingerprint density at radius 3 is 2.84 bits per heavy atom. The number of aromatic nitrogens is 2. The number of benzene rings is 1. The van der Waals surface area contributed by atoms with Gasteiger partial charge in [-0.15, -0.1) is 0 Å². The molecule has 19 heavy (non-hydrogen) atoms. The van der Waals surface area contributed by atoms with Crippen molar-refractivity contribution in [2.24, 2.45) is 0 Å². The average molecular weight is 260 g/mol. The van der Waals surface area contributed by atoms with E-state index in [0.29, 0.717) is 5.92 Å². The number of nitrogens with zero attached hydrogens (tertiary/aromatic N) is 2. The molecule has 3 rings (SSSR count). The van der Waals surface area contributed by atoms with E-state index in [1.54, 1.807) is 18.2 Å². The van der Waals surface area contributed by atoms with Gasteiger partial charge in [0.2, 0.25) is 0 Å². The number of carbonyl (C=O) groups is 1. The molecule has 0 amide bonds. The van der Waals surface area contributed by atoms with Gasteiger partial charge in [0.1, 0.15) is 5.82 Å². The predicted octanol–water partition coefficient (Wildman–Crippen LogP) is 2.17. The zero-order valence-corrected chi connectivity index (χ0v) is 10.7. The summed E-state index contributed by atoms with van der Waals surface area (Å²) < 4.78 is 1.99. The standard InChI is InChI=1S/C14H16N2O3/c1-8(7-17)16-12-6-10(14(18)19)4-5-11(12)15-13(16)9-2-3-9/h4-6,8-9,17H,2-3,7H2,1H3,(H,18,19). The summed E-state index contributed by atoms with van der Waals surface area (Å²) in [6.07, 6.45) is 2.24. The molecular weight excluding hydrogens is 244 g/mol. The summed E-state index contributed by atoms with van der Waals surface area (Å²) in [6, 6.07) is 4.86. The fourth-order valence-electron chi connectivity index (χ4n) is 2.42. The van der Waals surface area contributed by atoms with Crippen LogP contribution < -0.4 is 0 Å². The van der Waals surface area contributed by atoms with Gasteiger partial charge in [-0.05, 0) is 38.0 Å². The molecule has 1 fully saturated rings. The van der Waals surface area contributed by atoms with E-state index in [1.807, 2.05) is 11.5 Å². The van der Waals surface area contributed by atoms with E-state index in [4.69, 9.17) is 5.11 Å². The Labute approximate surface area is 110 Å². The molecule has 0 bridgehead atoms. The monoisotopic (exact) mass is 260 g/mol. The average Bonchev–Trinajstić information content (AvgIpc) is 3.17. The third kappa shape index (κ3) is 2.00. The number of aliphatic hydroxyl groups is 1. The third-order valence-electron chi connectivity index (χ3n) is 3.61. The van der Waals surface area contributed by atoms with Gasteiger partial charge in [-0.1, -0.05) is 0 Å². The van der Waals surface area contributed by atoms with Crippen LogP contribution in [0.5, 0.6) is 0 Å². The molecule has 0 aliphatic heterocycles. The Hall–Kier alpha value is -1.88. The van der Waals surface area contributed by atoms with Crippen LogP contribution in [-0.4, -0.2) is 32.3 Å². The third-order valence-corrected chi connectivity index (χ3v) is 3.61. The van der Waals surface area contributed by atoms with Gasteiger partial charge < -0.3 is 14.8 Å². The highest BCUT2D eigenvalue weighted by Crippen LogP contribution is 2.41. The van der Waals surface area contributed by atoms with Crippen LogP contribution in [0.3, 0.4) is 0 Å². The molecule has 1 aromatic carbocycles. The molecule has 2 N–H and O–H groups in total. The zero-order valence-electron chi connectivity index (χ0n) is 10.7. The lowest BCUT2D eigenvalue weighted by Crippen LogP contribution is -2.12. The van der Waals surface area contributed by atoms with Gasteiger partial charge in [-0.25, -0.2) is 9.78 Å². The van der Waals surface area contributed by atoms with Gasteiger partial charge in [-0.3, -0.25) is 0 Å². The predicted molar refractivity (Wildman–Crippen MR) is 70.5 cm³/mol. The van der Waals surface area contributed by atoms with Gasteiger partial charge in [0.25, 0.3) is 0 Å². The first-order valence-corrected chi connectivity index (χ1v) is 6.48. The lowest BCUT2D eigenvalue weighted by molar-refractivity contribution is 0.0697. The second-order valence-corrected chi connectivity index (χ2v) is 5.15. The molecule has 1 aliphatic carbocycles. The molecule has 0 saturated heterocycles. The van der Waals surface area contributed by atoms with E-state index in [1.165, 1.54) is 0 Å². The van der Waals surface area contributed by atoms with Crippen molar-refractivity contribution in [3.05, 3.63) is 29.6 Å². The Kier molecular flexibility index (Phi) is 2.78. The van der Waals surface area contributed by atoms with Crippen molar-refractivity contribution >= 4 is 17.0 Å². The highest BCUT2D eigenvalue weighted by molar-refractivity contribution is 5.92. The summed E-state index contributed by atoms with van der Waals surface area (Å²) in [7, 11) is 0. The minimum Gasteiger partial charge on any atom is -0.478 e. The van der Waals surface area contributed by atoms with E-state index in [-0.39, 0.29) is 18.2 Å². The highest BCUT2D eigenvalue weighted by Gasteiger charge is 2.31. The number of imidazole rings is 1. The molecule has 1 aliphatic rings. The number of carboxylic acid groups (broad SMARTS) is 1. The summed E-state index contributed by atoms with van der Waals surface area (Å²) in [6.45, 7) is 1.93. The SMILES string of the molecule is CC(CO)n1c(C2CC2)nc2ccc(C(=O)O)cc21. The second kappa shape index (κ2) is 4.35. The summed E-state index contributed by atoms with van der Waals surface area (Å²) in [5, 5.41) is 18.5. The smallest absolute Gasteiger partial charge is 0.335 e. The number of hydrogen-bond donors (Lipinski definition) is 2. The Morgan fingerprint density at radius 2 is 2.26 bits per heavy atom. The van der Waals surface area contributed by atoms with Crippen molar-refractivity contribution in [2.75, 3.05) is 6.61 Å². The van der Waals surface area contributed by atoms with Crippen LogP contribution in [0.1, 0.15) is 47.9 Å². The van der Waals surface area contributed by atoms with Gasteiger partial charge >= 0.3 is 5.97 Å². The molecule has 5 heteroatoms. The van der Waals surface area contributed by atoms with Gasteiger partial charge in [-0.2, -0.15) is 0 Å². The molecule has 1 unspecified atom stereocenters. The van der Waals surface area contributed by atoms with Crippen molar-refractivity contribution in [1.82, 2.24) is 9.55 Å². The molecule has 1 atom stereocenters. The van der Waals surface area contributed by atoms with Crippen molar-refractivity contribution in [3.8, 4) is 0 Å². The highest BCUT2D eigenvalue weighted by atomic mass is 16.4. The van der Waals surface area contributed by atoms with Crippen LogP contribution in [0.4, 0.5) is 0 Å². The first kappa shape index (κ1) is 12.2. The molecule has 1 aromatic heterocycles. The Morgan fingerprint density at radius 1 is 1.53 bits per heavy atom.